The fourth-order valence-electron chi connectivity index (χ4n) is 3.21. The number of rotatable bonds is 6. The third-order valence-corrected chi connectivity index (χ3v) is 4.66. The number of nitrogens with one attached hydrogen (secondary N) is 1. The zero-order valence-electron chi connectivity index (χ0n) is 16.6. The number of aryl methyl sites for hydroxylation is 1. The molecule has 1 amide bonds. The average Bonchev–Trinajstić information content (AvgIpc) is 3.11. The summed E-state index contributed by atoms with van der Waals surface area (Å²) >= 11 is 0. The first-order valence-electron chi connectivity index (χ1n) is 9.42. The van der Waals surface area contributed by atoms with Gasteiger partial charge in [0.15, 0.2) is 5.58 Å². The minimum Gasteiger partial charge on any atom is -0.497 e. The number of carbonyl (C=O) groups excluding carboxylic acids is 1. The van der Waals surface area contributed by atoms with Crippen molar-refractivity contribution in [3.63, 3.8) is 0 Å². The molecule has 1 aromatic carbocycles. The van der Waals surface area contributed by atoms with E-state index in [9.17, 15) is 9.59 Å². The first-order valence-corrected chi connectivity index (χ1v) is 9.42. The number of methoxy groups -OCH3 is 1. The van der Waals surface area contributed by atoms with E-state index >= 15 is 0 Å². The summed E-state index contributed by atoms with van der Waals surface area (Å²) in [6.07, 6.45) is 1.66. The molecule has 0 atom stereocenters. The second-order valence-electron chi connectivity index (χ2n) is 6.79. The predicted octanol–water partition coefficient (Wildman–Crippen LogP) is 3.62. The highest BCUT2D eigenvalue weighted by atomic mass is 16.5. The Morgan fingerprint density at radius 1 is 1.10 bits per heavy atom. The molecule has 0 spiro atoms. The summed E-state index contributed by atoms with van der Waals surface area (Å²) in [5.74, 6) is 1.33. The average molecular weight is 404 g/mol. The Morgan fingerprint density at radius 3 is 2.60 bits per heavy atom. The van der Waals surface area contributed by atoms with Crippen molar-refractivity contribution in [1.82, 2.24) is 10.3 Å². The maximum Gasteiger partial charge on any atom is 0.228 e. The summed E-state index contributed by atoms with van der Waals surface area (Å²) in [6, 6.07) is 14.1. The Balaban J connectivity index is 1.70. The molecule has 0 aliphatic heterocycles. The standard InChI is InChI=1S/C23H20N2O5/c1-14-11-19(26)23-22(29-14)18(12-20(27)25-13-16-5-3-4-10-24-16)21(30-23)15-6-8-17(28-2)9-7-15/h3-11H,12-13H2,1-2H3,(H,25,27). The van der Waals surface area contributed by atoms with Crippen molar-refractivity contribution in [3.8, 4) is 17.1 Å². The molecule has 0 unspecified atom stereocenters. The first kappa shape index (κ1) is 19.4. The Labute approximate surface area is 172 Å². The zero-order chi connectivity index (χ0) is 21.1. The van der Waals surface area contributed by atoms with Crippen molar-refractivity contribution in [3.05, 3.63) is 82.0 Å². The van der Waals surface area contributed by atoms with Gasteiger partial charge in [-0.05, 0) is 43.3 Å². The van der Waals surface area contributed by atoms with Gasteiger partial charge < -0.3 is 18.9 Å². The Hall–Kier alpha value is -3.87. The van der Waals surface area contributed by atoms with Crippen molar-refractivity contribution in [1.29, 1.82) is 0 Å². The molecule has 0 aliphatic carbocycles. The predicted molar refractivity (Wildman–Crippen MR) is 111 cm³/mol. The van der Waals surface area contributed by atoms with Crippen molar-refractivity contribution < 1.29 is 18.4 Å². The van der Waals surface area contributed by atoms with E-state index < -0.39 is 0 Å². The molecular formula is C23H20N2O5. The van der Waals surface area contributed by atoms with Gasteiger partial charge in [-0.25, -0.2) is 0 Å². The SMILES string of the molecule is COc1ccc(-c2oc3c(=O)cc(C)oc3c2CC(=O)NCc2ccccn2)cc1. The highest BCUT2D eigenvalue weighted by Gasteiger charge is 2.23. The van der Waals surface area contributed by atoms with Crippen LogP contribution < -0.4 is 15.5 Å². The molecule has 0 fully saturated rings. The summed E-state index contributed by atoms with van der Waals surface area (Å²) in [5.41, 5.74) is 2.09. The van der Waals surface area contributed by atoms with Gasteiger partial charge in [0.1, 0.15) is 17.3 Å². The Kier molecular flexibility index (Phi) is 5.34. The largest absolute Gasteiger partial charge is 0.497 e. The second kappa shape index (κ2) is 8.24. The summed E-state index contributed by atoms with van der Waals surface area (Å²) in [5, 5.41) is 2.85. The fourth-order valence-corrected chi connectivity index (χ4v) is 3.21. The number of hydrogen-bond donors (Lipinski definition) is 1. The number of hydrogen-bond acceptors (Lipinski definition) is 6. The van der Waals surface area contributed by atoms with E-state index in [1.54, 1.807) is 32.4 Å². The van der Waals surface area contributed by atoms with Crippen molar-refractivity contribution in [2.24, 2.45) is 0 Å². The van der Waals surface area contributed by atoms with Crippen molar-refractivity contribution >= 4 is 17.1 Å². The van der Waals surface area contributed by atoms with Gasteiger partial charge in [-0.1, -0.05) is 6.07 Å². The van der Waals surface area contributed by atoms with Gasteiger partial charge in [0.05, 0.1) is 31.3 Å². The molecule has 7 heteroatoms. The summed E-state index contributed by atoms with van der Waals surface area (Å²) in [6.45, 7) is 1.99. The topological polar surface area (TPSA) is 94.6 Å². The lowest BCUT2D eigenvalue weighted by atomic mass is 10.1. The highest BCUT2D eigenvalue weighted by molar-refractivity contribution is 5.90. The molecule has 4 aromatic rings. The molecule has 0 aliphatic rings. The normalized spacial score (nSPS) is 10.9. The van der Waals surface area contributed by atoms with Crippen LogP contribution in [0.3, 0.4) is 0 Å². The van der Waals surface area contributed by atoms with E-state index in [0.29, 0.717) is 40.5 Å². The molecule has 30 heavy (non-hydrogen) atoms. The molecule has 7 nitrogen and oxygen atoms in total. The van der Waals surface area contributed by atoms with E-state index in [-0.39, 0.29) is 23.3 Å². The van der Waals surface area contributed by atoms with Gasteiger partial charge in [-0.2, -0.15) is 0 Å². The number of benzene rings is 1. The zero-order valence-corrected chi connectivity index (χ0v) is 16.6. The van der Waals surface area contributed by atoms with Gasteiger partial charge in [-0.3, -0.25) is 14.6 Å². The number of fused-ring (bicyclic) bond motifs is 1. The van der Waals surface area contributed by atoms with Gasteiger partial charge in [-0.15, -0.1) is 0 Å². The molecule has 3 heterocycles. The fraction of sp³-hybridized carbons (Fsp3) is 0.174. The van der Waals surface area contributed by atoms with Crippen LogP contribution in [0, 0.1) is 6.92 Å². The molecule has 4 rings (SSSR count). The summed E-state index contributed by atoms with van der Waals surface area (Å²) < 4.78 is 16.8. The number of ether oxygens (including phenoxy) is 1. The van der Waals surface area contributed by atoms with Crippen LogP contribution in [0.1, 0.15) is 17.0 Å². The lowest BCUT2D eigenvalue weighted by molar-refractivity contribution is -0.120. The van der Waals surface area contributed by atoms with E-state index in [4.69, 9.17) is 13.6 Å². The van der Waals surface area contributed by atoms with Gasteiger partial charge >= 0.3 is 0 Å². The number of amides is 1. The molecule has 0 saturated heterocycles. The third-order valence-electron chi connectivity index (χ3n) is 4.66. The van der Waals surface area contributed by atoms with Crippen LogP contribution in [-0.4, -0.2) is 18.0 Å². The number of nitrogens with zero attached hydrogens (tertiary/aromatic N) is 1. The summed E-state index contributed by atoms with van der Waals surface area (Å²) in [4.78, 5) is 29.3. The minimum atomic E-state index is -0.288. The van der Waals surface area contributed by atoms with Crippen LogP contribution in [0.2, 0.25) is 0 Å². The van der Waals surface area contributed by atoms with E-state index in [0.717, 1.165) is 5.69 Å². The van der Waals surface area contributed by atoms with Crippen LogP contribution >= 0.6 is 0 Å². The second-order valence-corrected chi connectivity index (χ2v) is 6.79. The molecule has 1 N–H and O–H groups in total. The maximum absolute atomic E-state index is 12.7. The number of furan rings is 1. The lowest BCUT2D eigenvalue weighted by Gasteiger charge is -2.06. The van der Waals surface area contributed by atoms with Crippen LogP contribution in [0.15, 0.2) is 68.4 Å². The molecule has 152 valence electrons. The quantitative estimate of drug-likeness (QED) is 0.527. The van der Waals surface area contributed by atoms with Crippen LogP contribution in [-0.2, 0) is 17.8 Å². The van der Waals surface area contributed by atoms with Crippen LogP contribution in [0.5, 0.6) is 5.75 Å². The Bertz CT molecular complexity index is 1240. The maximum atomic E-state index is 12.7. The van der Waals surface area contributed by atoms with E-state index in [1.165, 1.54) is 6.07 Å². The molecule has 0 saturated carbocycles. The smallest absolute Gasteiger partial charge is 0.228 e. The van der Waals surface area contributed by atoms with Gasteiger partial charge in [0.2, 0.25) is 16.9 Å². The van der Waals surface area contributed by atoms with E-state index in [1.807, 2.05) is 30.3 Å². The molecule has 3 aromatic heterocycles. The van der Waals surface area contributed by atoms with E-state index in [2.05, 4.69) is 10.3 Å². The van der Waals surface area contributed by atoms with Crippen LogP contribution in [0.25, 0.3) is 22.5 Å². The molecule has 0 bridgehead atoms. The van der Waals surface area contributed by atoms with Crippen molar-refractivity contribution in [2.75, 3.05) is 7.11 Å². The minimum absolute atomic E-state index is 0.00636. The third kappa shape index (κ3) is 3.96. The van der Waals surface area contributed by atoms with Gasteiger partial charge in [0, 0.05) is 17.8 Å². The highest BCUT2D eigenvalue weighted by Crippen LogP contribution is 2.34. The Morgan fingerprint density at radius 2 is 1.90 bits per heavy atom. The van der Waals surface area contributed by atoms with Crippen molar-refractivity contribution in [2.45, 2.75) is 19.9 Å². The lowest BCUT2D eigenvalue weighted by Crippen LogP contribution is -2.25. The monoisotopic (exact) mass is 404 g/mol. The number of aromatic nitrogens is 1. The van der Waals surface area contributed by atoms with Crippen LogP contribution in [0.4, 0.5) is 0 Å². The molecular weight excluding hydrogens is 384 g/mol. The number of pyridine rings is 1. The number of carbonyl (C=O) groups is 1. The molecule has 0 radical (unpaired) electrons. The first-order chi connectivity index (χ1) is 14.5. The summed E-state index contributed by atoms with van der Waals surface area (Å²) in [7, 11) is 1.58. The van der Waals surface area contributed by atoms with Gasteiger partial charge in [0.25, 0.3) is 0 Å².